The lowest BCUT2D eigenvalue weighted by Crippen LogP contribution is -2.44. The standard InChI is InChI=1S/C17H22INO4/c1-17(2,3)23-16(21)19-8-6-14(7-9-19)22-15-5-4-13(18)10-12(15)11-20/h4-5,10-11,14H,6-9H2,1-3H3. The number of halogens is 1. The minimum absolute atomic E-state index is 0.00690. The van der Waals surface area contributed by atoms with Gasteiger partial charge >= 0.3 is 6.09 Å². The van der Waals surface area contributed by atoms with Crippen LogP contribution < -0.4 is 4.74 Å². The van der Waals surface area contributed by atoms with Crippen LogP contribution in [0.4, 0.5) is 4.79 Å². The molecule has 0 aromatic heterocycles. The molecule has 1 saturated heterocycles. The van der Waals surface area contributed by atoms with E-state index in [1.165, 1.54) is 0 Å². The van der Waals surface area contributed by atoms with Gasteiger partial charge in [-0.2, -0.15) is 0 Å². The van der Waals surface area contributed by atoms with Crippen molar-refractivity contribution < 1.29 is 19.1 Å². The highest BCUT2D eigenvalue weighted by Gasteiger charge is 2.27. The number of hydrogen-bond donors (Lipinski definition) is 0. The van der Waals surface area contributed by atoms with Gasteiger partial charge in [-0.15, -0.1) is 0 Å². The fraction of sp³-hybridized carbons (Fsp3) is 0.529. The Kier molecular flexibility index (Phi) is 5.89. The van der Waals surface area contributed by atoms with E-state index < -0.39 is 5.60 Å². The highest BCUT2D eigenvalue weighted by Crippen LogP contribution is 2.24. The normalized spacial score (nSPS) is 16.1. The maximum absolute atomic E-state index is 12.0. The number of ether oxygens (including phenoxy) is 2. The Balaban J connectivity index is 1.90. The molecule has 5 nitrogen and oxygen atoms in total. The van der Waals surface area contributed by atoms with Crippen molar-refractivity contribution in [3.63, 3.8) is 0 Å². The van der Waals surface area contributed by atoms with Crippen molar-refractivity contribution in [2.45, 2.75) is 45.3 Å². The predicted octanol–water partition coefficient (Wildman–Crippen LogP) is 3.88. The van der Waals surface area contributed by atoms with E-state index in [-0.39, 0.29) is 12.2 Å². The topological polar surface area (TPSA) is 55.8 Å². The van der Waals surface area contributed by atoms with Gasteiger partial charge in [0.25, 0.3) is 0 Å². The van der Waals surface area contributed by atoms with Gasteiger partial charge in [-0.25, -0.2) is 4.79 Å². The highest BCUT2D eigenvalue weighted by atomic mass is 127. The summed E-state index contributed by atoms with van der Waals surface area (Å²) in [5, 5.41) is 0. The number of benzene rings is 1. The summed E-state index contributed by atoms with van der Waals surface area (Å²) >= 11 is 2.16. The number of amides is 1. The first-order valence-electron chi connectivity index (χ1n) is 7.68. The van der Waals surface area contributed by atoms with Gasteiger partial charge < -0.3 is 14.4 Å². The van der Waals surface area contributed by atoms with E-state index in [4.69, 9.17) is 9.47 Å². The minimum Gasteiger partial charge on any atom is -0.490 e. The molecule has 1 aliphatic heterocycles. The minimum atomic E-state index is -0.482. The molecule has 0 atom stereocenters. The fourth-order valence-corrected chi connectivity index (χ4v) is 2.90. The molecule has 1 aromatic rings. The zero-order valence-electron chi connectivity index (χ0n) is 13.7. The molecule has 1 aliphatic rings. The van der Waals surface area contributed by atoms with Crippen molar-refractivity contribution in [3.8, 4) is 5.75 Å². The van der Waals surface area contributed by atoms with Crippen molar-refractivity contribution in [1.82, 2.24) is 4.90 Å². The Hall–Kier alpha value is -1.31. The predicted molar refractivity (Wildman–Crippen MR) is 96.0 cm³/mol. The molecule has 23 heavy (non-hydrogen) atoms. The molecule has 126 valence electrons. The average Bonchev–Trinajstić information content (AvgIpc) is 2.48. The molecule has 6 heteroatoms. The first-order chi connectivity index (χ1) is 10.8. The zero-order chi connectivity index (χ0) is 17.0. The van der Waals surface area contributed by atoms with Gasteiger partial charge in [0.05, 0.1) is 5.56 Å². The van der Waals surface area contributed by atoms with Crippen LogP contribution in [0.2, 0.25) is 0 Å². The Morgan fingerprint density at radius 3 is 2.52 bits per heavy atom. The van der Waals surface area contributed by atoms with Crippen LogP contribution in [0.3, 0.4) is 0 Å². The van der Waals surface area contributed by atoms with Crippen LogP contribution in [-0.4, -0.2) is 42.1 Å². The van der Waals surface area contributed by atoms with Gasteiger partial charge in [0, 0.05) is 29.5 Å². The second-order valence-corrected chi connectivity index (χ2v) is 7.83. The van der Waals surface area contributed by atoms with Crippen LogP contribution in [0.5, 0.6) is 5.75 Å². The third-order valence-corrected chi connectivity index (χ3v) is 4.16. The molecule has 0 radical (unpaired) electrons. The summed E-state index contributed by atoms with van der Waals surface area (Å²) in [6, 6.07) is 5.54. The van der Waals surface area contributed by atoms with Gasteiger partial charge in [-0.1, -0.05) is 0 Å². The monoisotopic (exact) mass is 431 g/mol. The smallest absolute Gasteiger partial charge is 0.410 e. The third kappa shape index (κ3) is 5.37. The summed E-state index contributed by atoms with van der Waals surface area (Å²) in [4.78, 5) is 24.9. The molecular formula is C17H22INO4. The van der Waals surface area contributed by atoms with Gasteiger partial charge in [-0.05, 0) is 61.6 Å². The number of carbonyl (C=O) groups is 2. The van der Waals surface area contributed by atoms with Crippen molar-refractivity contribution in [1.29, 1.82) is 0 Å². The van der Waals surface area contributed by atoms with Gasteiger partial charge in [0.2, 0.25) is 0 Å². The number of likely N-dealkylation sites (tertiary alicyclic amines) is 1. The number of hydrogen-bond acceptors (Lipinski definition) is 4. The Bertz CT molecular complexity index is 574. The van der Waals surface area contributed by atoms with Crippen LogP contribution in [0.1, 0.15) is 44.0 Å². The molecule has 1 amide bonds. The van der Waals surface area contributed by atoms with E-state index in [0.717, 1.165) is 22.7 Å². The van der Waals surface area contributed by atoms with E-state index in [0.29, 0.717) is 24.4 Å². The van der Waals surface area contributed by atoms with Crippen molar-refractivity contribution >= 4 is 35.0 Å². The summed E-state index contributed by atoms with van der Waals surface area (Å²) in [5.41, 5.74) is 0.0799. The van der Waals surface area contributed by atoms with Crippen LogP contribution in [0.15, 0.2) is 18.2 Å². The first kappa shape index (κ1) is 18.0. The largest absolute Gasteiger partial charge is 0.490 e. The van der Waals surface area contributed by atoms with Crippen molar-refractivity contribution in [2.24, 2.45) is 0 Å². The van der Waals surface area contributed by atoms with Crippen LogP contribution in [0.25, 0.3) is 0 Å². The van der Waals surface area contributed by atoms with Crippen molar-refractivity contribution in [2.75, 3.05) is 13.1 Å². The molecule has 0 bridgehead atoms. The second kappa shape index (κ2) is 7.51. The molecule has 2 rings (SSSR count). The molecular weight excluding hydrogens is 409 g/mol. The van der Waals surface area contributed by atoms with E-state index in [1.807, 2.05) is 32.9 Å². The summed E-state index contributed by atoms with van der Waals surface area (Å²) in [6.45, 7) is 6.77. The quantitative estimate of drug-likeness (QED) is 0.539. The molecule has 0 aliphatic carbocycles. The maximum atomic E-state index is 12.0. The van der Waals surface area contributed by atoms with Crippen LogP contribution in [-0.2, 0) is 4.74 Å². The van der Waals surface area contributed by atoms with E-state index in [9.17, 15) is 9.59 Å². The number of carbonyl (C=O) groups excluding carboxylic acids is 2. The second-order valence-electron chi connectivity index (χ2n) is 6.58. The molecule has 0 unspecified atom stereocenters. The lowest BCUT2D eigenvalue weighted by molar-refractivity contribution is 0.0126. The molecule has 0 saturated carbocycles. The van der Waals surface area contributed by atoms with Crippen LogP contribution >= 0.6 is 22.6 Å². The van der Waals surface area contributed by atoms with Gasteiger partial charge in [0.15, 0.2) is 6.29 Å². The first-order valence-corrected chi connectivity index (χ1v) is 8.75. The fourth-order valence-electron chi connectivity index (χ4n) is 2.38. The highest BCUT2D eigenvalue weighted by molar-refractivity contribution is 14.1. The molecule has 1 heterocycles. The third-order valence-electron chi connectivity index (χ3n) is 3.49. The Morgan fingerprint density at radius 2 is 1.96 bits per heavy atom. The number of rotatable bonds is 3. The molecule has 1 fully saturated rings. The zero-order valence-corrected chi connectivity index (χ0v) is 15.8. The molecule has 1 aromatic carbocycles. The summed E-state index contributed by atoms with van der Waals surface area (Å²) < 4.78 is 12.3. The Labute approximate surface area is 150 Å². The van der Waals surface area contributed by atoms with Gasteiger partial charge in [-0.3, -0.25) is 4.79 Å². The number of aldehydes is 1. The summed E-state index contributed by atoms with van der Waals surface area (Å²) in [6.07, 6.45) is 1.99. The summed E-state index contributed by atoms with van der Waals surface area (Å²) in [5.74, 6) is 0.608. The Morgan fingerprint density at radius 1 is 1.30 bits per heavy atom. The lowest BCUT2D eigenvalue weighted by atomic mass is 10.1. The van der Waals surface area contributed by atoms with Crippen molar-refractivity contribution in [3.05, 3.63) is 27.3 Å². The van der Waals surface area contributed by atoms with E-state index in [2.05, 4.69) is 22.6 Å². The van der Waals surface area contributed by atoms with Gasteiger partial charge in [0.1, 0.15) is 17.5 Å². The molecule has 0 spiro atoms. The van der Waals surface area contributed by atoms with E-state index >= 15 is 0 Å². The van der Waals surface area contributed by atoms with E-state index in [1.54, 1.807) is 11.0 Å². The lowest BCUT2D eigenvalue weighted by Gasteiger charge is -2.33. The number of piperidine rings is 1. The number of nitrogens with zero attached hydrogens (tertiary/aromatic N) is 1. The maximum Gasteiger partial charge on any atom is 0.410 e. The molecule has 0 N–H and O–H groups in total. The SMILES string of the molecule is CC(C)(C)OC(=O)N1CCC(Oc2ccc(I)cc2C=O)CC1. The average molecular weight is 431 g/mol. The summed E-state index contributed by atoms with van der Waals surface area (Å²) in [7, 11) is 0. The van der Waals surface area contributed by atoms with Crippen LogP contribution in [0, 0.1) is 3.57 Å².